The summed E-state index contributed by atoms with van der Waals surface area (Å²) in [7, 11) is 0. The van der Waals surface area contributed by atoms with Crippen molar-refractivity contribution >= 4 is 23.4 Å². The van der Waals surface area contributed by atoms with Crippen LogP contribution in [0, 0.1) is 11.8 Å². The van der Waals surface area contributed by atoms with Gasteiger partial charge < -0.3 is 40.2 Å². The van der Waals surface area contributed by atoms with Gasteiger partial charge in [-0.3, -0.25) is 0 Å². The number of rotatable bonds is 6. The van der Waals surface area contributed by atoms with Crippen molar-refractivity contribution in [1.29, 1.82) is 0 Å². The molecule has 2 aromatic rings. The van der Waals surface area contributed by atoms with Crippen LogP contribution in [0.4, 0.5) is 21.0 Å². The maximum absolute atomic E-state index is 12.3. The number of urea groups is 2. The first-order valence-electron chi connectivity index (χ1n) is 11.5. The number of nitrogens with one attached hydrogen (secondary N) is 4. The molecule has 2 aliphatic heterocycles. The summed E-state index contributed by atoms with van der Waals surface area (Å²) in [5.74, 6) is 3.36. The molecule has 10 heteroatoms. The van der Waals surface area contributed by atoms with Crippen LogP contribution in [0.5, 0.6) is 23.0 Å². The minimum Gasteiger partial charge on any atom is -0.454 e. The van der Waals surface area contributed by atoms with Crippen molar-refractivity contribution in [2.45, 2.75) is 25.7 Å². The highest BCUT2D eigenvalue weighted by atomic mass is 16.7. The predicted octanol–water partition coefficient (Wildman–Crippen LogP) is 3.89. The van der Waals surface area contributed by atoms with Crippen molar-refractivity contribution in [3.8, 4) is 23.0 Å². The molecule has 0 bridgehead atoms. The molecule has 180 valence electrons. The number of anilines is 2. The van der Waals surface area contributed by atoms with E-state index in [9.17, 15) is 9.59 Å². The lowest BCUT2D eigenvalue weighted by molar-refractivity contribution is 0.173. The molecule has 1 saturated carbocycles. The van der Waals surface area contributed by atoms with Crippen LogP contribution in [-0.4, -0.2) is 38.7 Å². The van der Waals surface area contributed by atoms with Crippen LogP contribution in [-0.2, 0) is 0 Å². The molecule has 1 aliphatic carbocycles. The summed E-state index contributed by atoms with van der Waals surface area (Å²) in [6.07, 6.45) is 4.15. The summed E-state index contributed by atoms with van der Waals surface area (Å²) >= 11 is 0. The van der Waals surface area contributed by atoms with E-state index in [-0.39, 0.29) is 25.6 Å². The number of amides is 4. The predicted molar refractivity (Wildman–Crippen MR) is 125 cm³/mol. The zero-order valence-electron chi connectivity index (χ0n) is 18.7. The highest BCUT2D eigenvalue weighted by molar-refractivity contribution is 5.90. The van der Waals surface area contributed by atoms with Gasteiger partial charge in [-0.15, -0.1) is 0 Å². The number of fused-ring (bicyclic) bond motifs is 2. The van der Waals surface area contributed by atoms with Gasteiger partial charge in [0.25, 0.3) is 0 Å². The summed E-state index contributed by atoms with van der Waals surface area (Å²) in [6.45, 7) is 1.58. The molecule has 3 aliphatic rings. The van der Waals surface area contributed by atoms with Crippen LogP contribution in [0.15, 0.2) is 36.4 Å². The first-order chi connectivity index (χ1) is 16.6. The summed E-state index contributed by atoms with van der Waals surface area (Å²) in [6, 6.07) is 10.1. The van der Waals surface area contributed by atoms with Gasteiger partial charge in [0, 0.05) is 36.6 Å². The third-order valence-corrected chi connectivity index (χ3v) is 6.25. The van der Waals surface area contributed by atoms with Gasteiger partial charge in [-0.05, 0) is 55.4 Å². The Balaban J connectivity index is 1.02. The van der Waals surface area contributed by atoms with Gasteiger partial charge in [0.2, 0.25) is 13.6 Å². The van der Waals surface area contributed by atoms with Gasteiger partial charge >= 0.3 is 12.1 Å². The maximum Gasteiger partial charge on any atom is 0.319 e. The topological polar surface area (TPSA) is 119 Å². The normalized spacial score (nSPS) is 19.9. The molecule has 0 saturated heterocycles. The molecule has 0 spiro atoms. The monoisotopic (exact) mass is 468 g/mol. The Kier molecular flexibility index (Phi) is 6.46. The van der Waals surface area contributed by atoms with Crippen LogP contribution in [0.2, 0.25) is 0 Å². The van der Waals surface area contributed by atoms with Gasteiger partial charge in [-0.1, -0.05) is 6.42 Å². The molecular weight excluding hydrogens is 440 g/mol. The third-order valence-electron chi connectivity index (χ3n) is 6.25. The lowest BCUT2D eigenvalue weighted by Crippen LogP contribution is -2.38. The molecule has 2 unspecified atom stereocenters. The third kappa shape index (κ3) is 5.38. The Morgan fingerprint density at radius 1 is 0.706 bits per heavy atom. The van der Waals surface area contributed by atoms with Gasteiger partial charge in [-0.25, -0.2) is 9.59 Å². The van der Waals surface area contributed by atoms with Crippen molar-refractivity contribution in [2.75, 3.05) is 37.3 Å². The van der Waals surface area contributed by atoms with Crippen molar-refractivity contribution in [3.05, 3.63) is 36.4 Å². The summed E-state index contributed by atoms with van der Waals surface area (Å²) in [5.41, 5.74) is 1.31. The summed E-state index contributed by atoms with van der Waals surface area (Å²) in [5, 5.41) is 11.6. The van der Waals surface area contributed by atoms with Crippen LogP contribution in [0.1, 0.15) is 25.7 Å². The smallest absolute Gasteiger partial charge is 0.319 e. The highest BCUT2D eigenvalue weighted by Gasteiger charge is 2.23. The lowest BCUT2D eigenvalue weighted by Gasteiger charge is -2.29. The Bertz CT molecular complexity index is 980. The van der Waals surface area contributed by atoms with E-state index >= 15 is 0 Å². The zero-order valence-corrected chi connectivity index (χ0v) is 18.7. The molecular formula is C24H28N4O6. The Hall–Kier alpha value is -3.82. The van der Waals surface area contributed by atoms with Crippen molar-refractivity contribution < 1.29 is 28.5 Å². The molecule has 0 radical (unpaired) electrons. The van der Waals surface area contributed by atoms with E-state index in [4.69, 9.17) is 18.9 Å². The molecule has 1 fully saturated rings. The fourth-order valence-corrected chi connectivity index (χ4v) is 4.55. The largest absolute Gasteiger partial charge is 0.454 e. The average Bonchev–Trinajstić information content (AvgIpc) is 3.50. The number of benzene rings is 2. The second-order valence-electron chi connectivity index (χ2n) is 8.70. The Morgan fingerprint density at radius 2 is 1.18 bits per heavy atom. The van der Waals surface area contributed by atoms with Crippen LogP contribution in [0.25, 0.3) is 0 Å². The summed E-state index contributed by atoms with van der Waals surface area (Å²) in [4.78, 5) is 24.6. The molecule has 10 nitrogen and oxygen atoms in total. The van der Waals surface area contributed by atoms with E-state index in [0.717, 1.165) is 25.7 Å². The average molecular weight is 469 g/mol. The first kappa shape index (κ1) is 22.0. The van der Waals surface area contributed by atoms with E-state index in [1.807, 2.05) is 0 Å². The molecule has 4 N–H and O–H groups in total. The van der Waals surface area contributed by atoms with E-state index in [2.05, 4.69) is 21.3 Å². The van der Waals surface area contributed by atoms with Gasteiger partial charge in [0.15, 0.2) is 23.0 Å². The Morgan fingerprint density at radius 3 is 1.68 bits per heavy atom. The van der Waals surface area contributed by atoms with Gasteiger partial charge in [-0.2, -0.15) is 0 Å². The van der Waals surface area contributed by atoms with Gasteiger partial charge in [0.1, 0.15) is 0 Å². The number of hydrogen-bond donors (Lipinski definition) is 4. The number of carbonyl (C=O) groups is 2. The van der Waals surface area contributed by atoms with Crippen LogP contribution < -0.4 is 40.2 Å². The molecule has 34 heavy (non-hydrogen) atoms. The maximum atomic E-state index is 12.3. The highest BCUT2D eigenvalue weighted by Crippen LogP contribution is 2.35. The molecule has 5 rings (SSSR count). The number of carbonyl (C=O) groups excluding carboxylic acids is 2. The van der Waals surface area contributed by atoms with Crippen molar-refractivity contribution in [3.63, 3.8) is 0 Å². The summed E-state index contributed by atoms with van der Waals surface area (Å²) < 4.78 is 21.2. The molecule has 4 amide bonds. The lowest BCUT2D eigenvalue weighted by atomic mass is 9.81. The second kappa shape index (κ2) is 9.98. The first-order valence-corrected chi connectivity index (χ1v) is 11.5. The fraction of sp³-hybridized carbons (Fsp3) is 0.417. The van der Waals surface area contributed by atoms with Gasteiger partial charge in [0.05, 0.1) is 0 Å². The van der Waals surface area contributed by atoms with E-state index in [1.165, 1.54) is 0 Å². The van der Waals surface area contributed by atoms with Crippen LogP contribution in [0.3, 0.4) is 0 Å². The van der Waals surface area contributed by atoms with E-state index < -0.39 is 0 Å². The van der Waals surface area contributed by atoms with E-state index in [0.29, 0.717) is 59.3 Å². The molecule has 2 heterocycles. The number of hydrogen-bond acceptors (Lipinski definition) is 6. The fourth-order valence-electron chi connectivity index (χ4n) is 4.55. The quantitative estimate of drug-likeness (QED) is 0.511. The van der Waals surface area contributed by atoms with E-state index in [1.54, 1.807) is 36.4 Å². The number of ether oxygens (including phenoxy) is 4. The molecule has 2 atom stereocenters. The standard InChI is InChI=1S/C24H28N4O6/c29-23(27-17-4-6-19-21(9-17)33-13-31-19)25-11-15-2-1-3-16(8-15)12-26-24(30)28-18-5-7-20-22(10-18)34-14-32-20/h4-7,9-10,15-16H,1-3,8,11-14H2,(H2,25,27,29)(H2,26,28,30). The van der Waals surface area contributed by atoms with Crippen LogP contribution >= 0.6 is 0 Å². The molecule has 2 aromatic carbocycles. The zero-order chi connectivity index (χ0) is 23.3. The second-order valence-corrected chi connectivity index (χ2v) is 8.70. The van der Waals surface area contributed by atoms with Crippen molar-refractivity contribution in [1.82, 2.24) is 10.6 Å². The minimum atomic E-state index is -0.248. The minimum absolute atomic E-state index is 0.197. The van der Waals surface area contributed by atoms with Crippen molar-refractivity contribution in [2.24, 2.45) is 11.8 Å². The Labute approximate surface area is 197 Å². The SMILES string of the molecule is O=C(NCC1CCCC(CNC(=O)Nc2ccc3c(c2)OCO3)C1)Nc1ccc2c(c1)OCO2. The molecule has 0 aromatic heterocycles.